The summed E-state index contributed by atoms with van der Waals surface area (Å²) in [7, 11) is 1.50. The number of halogens is 1. The number of methoxy groups -OCH3 is 1. The van der Waals surface area contributed by atoms with Gasteiger partial charge in [-0.3, -0.25) is 9.59 Å². The first-order valence-electron chi connectivity index (χ1n) is 12.0. The minimum Gasteiger partial charge on any atom is -0.496 e. The van der Waals surface area contributed by atoms with Gasteiger partial charge >= 0.3 is 5.97 Å². The highest BCUT2D eigenvalue weighted by Crippen LogP contribution is 2.31. The van der Waals surface area contributed by atoms with Crippen molar-refractivity contribution < 1.29 is 23.9 Å². The summed E-state index contributed by atoms with van der Waals surface area (Å²) >= 11 is 3.40. The van der Waals surface area contributed by atoms with Crippen LogP contribution in [-0.4, -0.2) is 62.6 Å². The second-order valence-corrected chi connectivity index (χ2v) is 9.31. The van der Waals surface area contributed by atoms with E-state index in [1.54, 1.807) is 43.3 Å². The number of hydrogen-bond donors (Lipinski definition) is 1. The van der Waals surface area contributed by atoms with E-state index in [1.807, 2.05) is 35.2 Å². The fourth-order valence-electron chi connectivity index (χ4n) is 4.21. The molecule has 0 spiro atoms. The molecule has 0 atom stereocenters. The Morgan fingerprint density at radius 3 is 2.32 bits per heavy atom. The zero-order valence-electron chi connectivity index (χ0n) is 20.7. The van der Waals surface area contributed by atoms with Gasteiger partial charge in [-0.1, -0.05) is 34.1 Å². The van der Waals surface area contributed by atoms with Gasteiger partial charge in [0, 0.05) is 36.2 Å². The zero-order chi connectivity index (χ0) is 26.4. The van der Waals surface area contributed by atoms with E-state index in [1.165, 1.54) is 7.11 Å². The molecule has 0 aliphatic carbocycles. The molecule has 1 N–H and O–H groups in total. The lowest BCUT2D eigenvalue weighted by Gasteiger charge is -2.37. The first-order valence-corrected chi connectivity index (χ1v) is 12.8. The van der Waals surface area contributed by atoms with Crippen LogP contribution < -0.4 is 15.0 Å². The third-order valence-electron chi connectivity index (χ3n) is 6.09. The van der Waals surface area contributed by atoms with Crippen LogP contribution in [0.1, 0.15) is 38.0 Å². The molecule has 0 bridgehead atoms. The number of nitrogens with zero attached hydrogens (tertiary/aromatic N) is 2. The van der Waals surface area contributed by atoms with Gasteiger partial charge in [0.25, 0.3) is 11.8 Å². The van der Waals surface area contributed by atoms with Gasteiger partial charge < -0.3 is 24.6 Å². The summed E-state index contributed by atoms with van der Waals surface area (Å²) in [6.07, 6.45) is 0. The minimum absolute atomic E-state index is 0.00631. The standard InChI is InChI=1S/C28H28BrN3O5/c1-3-37-28(35)20-9-11-24(23(17-20)30-26(33)22-18-21(29)10-12-25(22)36-2)31-13-15-32(16-14-31)27(34)19-7-5-4-6-8-19/h4-12,17-18H,3,13-16H2,1-2H3,(H,30,33). The maximum Gasteiger partial charge on any atom is 0.338 e. The molecular weight excluding hydrogens is 538 g/mol. The third kappa shape index (κ3) is 6.11. The number of nitrogens with one attached hydrogen (secondary N) is 1. The van der Waals surface area contributed by atoms with Crippen LogP contribution in [0.3, 0.4) is 0 Å². The fraction of sp³-hybridized carbons (Fsp3) is 0.250. The van der Waals surface area contributed by atoms with Gasteiger partial charge in [-0.15, -0.1) is 0 Å². The van der Waals surface area contributed by atoms with E-state index in [9.17, 15) is 14.4 Å². The average molecular weight is 566 g/mol. The normalized spacial score (nSPS) is 13.2. The lowest BCUT2D eigenvalue weighted by atomic mass is 10.1. The zero-order valence-corrected chi connectivity index (χ0v) is 22.3. The quantitative estimate of drug-likeness (QED) is 0.412. The number of ether oxygens (including phenoxy) is 2. The second-order valence-electron chi connectivity index (χ2n) is 8.40. The summed E-state index contributed by atoms with van der Waals surface area (Å²) in [4.78, 5) is 42.5. The van der Waals surface area contributed by atoms with Crippen molar-refractivity contribution >= 4 is 45.1 Å². The summed E-state index contributed by atoms with van der Waals surface area (Å²) in [6, 6.07) is 19.5. The number of hydrogen-bond acceptors (Lipinski definition) is 6. The van der Waals surface area contributed by atoms with Gasteiger partial charge in [0.15, 0.2) is 0 Å². The summed E-state index contributed by atoms with van der Waals surface area (Å²) in [5.41, 5.74) is 2.57. The molecule has 2 amide bonds. The second kappa shape index (κ2) is 11.9. The molecule has 0 unspecified atom stereocenters. The SMILES string of the molecule is CCOC(=O)c1ccc(N2CCN(C(=O)c3ccccc3)CC2)c(NC(=O)c2cc(Br)ccc2OC)c1. The largest absolute Gasteiger partial charge is 0.496 e. The number of carbonyl (C=O) groups is 3. The van der Waals surface area contributed by atoms with Gasteiger partial charge in [-0.05, 0) is 55.5 Å². The molecule has 1 aliphatic heterocycles. The predicted molar refractivity (Wildman–Crippen MR) is 146 cm³/mol. The van der Waals surface area contributed by atoms with Crippen molar-refractivity contribution in [2.75, 3.05) is 50.1 Å². The molecule has 3 aromatic carbocycles. The fourth-order valence-corrected chi connectivity index (χ4v) is 4.58. The van der Waals surface area contributed by atoms with E-state index < -0.39 is 5.97 Å². The van der Waals surface area contributed by atoms with Crippen LogP contribution in [0.4, 0.5) is 11.4 Å². The van der Waals surface area contributed by atoms with E-state index in [-0.39, 0.29) is 18.4 Å². The van der Waals surface area contributed by atoms with Crippen molar-refractivity contribution in [2.24, 2.45) is 0 Å². The lowest BCUT2D eigenvalue weighted by Crippen LogP contribution is -2.49. The topological polar surface area (TPSA) is 88.2 Å². The monoisotopic (exact) mass is 565 g/mol. The summed E-state index contributed by atoms with van der Waals surface area (Å²) in [5, 5.41) is 2.95. The van der Waals surface area contributed by atoms with Crippen LogP contribution in [0, 0.1) is 0 Å². The average Bonchev–Trinajstić information content (AvgIpc) is 2.93. The summed E-state index contributed by atoms with van der Waals surface area (Å²) in [5.74, 6) is -0.425. The highest BCUT2D eigenvalue weighted by Gasteiger charge is 2.25. The molecule has 0 aromatic heterocycles. The van der Waals surface area contributed by atoms with Crippen LogP contribution in [0.2, 0.25) is 0 Å². The van der Waals surface area contributed by atoms with Crippen molar-refractivity contribution in [2.45, 2.75) is 6.92 Å². The van der Waals surface area contributed by atoms with E-state index in [0.717, 1.165) is 10.2 Å². The first kappa shape index (κ1) is 26.2. The summed E-state index contributed by atoms with van der Waals surface area (Å²) < 4.78 is 11.3. The molecule has 192 valence electrons. The summed E-state index contributed by atoms with van der Waals surface area (Å²) in [6.45, 7) is 4.18. The van der Waals surface area contributed by atoms with Crippen molar-refractivity contribution in [3.8, 4) is 5.75 Å². The van der Waals surface area contributed by atoms with Gasteiger partial charge in [0.2, 0.25) is 0 Å². The van der Waals surface area contributed by atoms with Gasteiger partial charge in [0.05, 0.1) is 36.2 Å². The van der Waals surface area contributed by atoms with Crippen LogP contribution in [-0.2, 0) is 4.74 Å². The highest BCUT2D eigenvalue weighted by atomic mass is 79.9. The Labute approximate surface area is 224 Å². The Morgan fingerprint density at radius 2 is 1.65 bits per heavy atom. The van der Waals surface area contributed by atoms with Crippen LogP contribution in [0.25, 0.3) is 0 Å². The first-order chi connectivity index (χ1) is 17.9. The molecule has 1 aliphatic rings. The molecule has 1 heterocycles. The van der Waals surface area contributed by atoms with Gasteiger partial charge in [-0.2, -0.15) is 0 Å². The number of amides is 2. The van der Waals surface area contributed by atoms with Crippen LogP contribution >= 0.6 is 15.9 Å². The lowest BCUT2D eigenvalue weighted by molar-refractivity contribution is 0.0526. The van der Waals surface area contributed by atoms with Crippen molar-refractivity contribution in [1.29, 1.82) is 0 Å². The molecular formula is C28H28BrN3O5. The number of benzene rings is 3. The minimum atomic E-state index is -0.470. The van der Waals surface area contributed by atoms with E-state index in [2.05, 4.69) is 26.1 Å². The Balaban J connectivity index is 1.58. The van der Waals surface area contributed by atoms with Gasteiger partial charge in [-0.25, -0.2) is 4.79 Å². The van der Waals surface area contributed by atoms with Crippen LogP contribution in [0.15, 0.2) is 71.2 Å². The predicted octanol–water partition coefficient (Wildman–Crippen LogP) is 4.85. The maximum atomic E-state index is 13.3. The molecule has 37 heavy (non-hydrogen) atoms. The van der Waals surface area contributed by atoms with Crippen molar-refractivity contribution in [3.63, 3.8) is 0 Å². The molecule has 1 fully saturated rings. The number of anilines is 2. The molecule has 3 aromatic rings. The molecule has 9 heteroatoms. The maximum absolute atomic E-state index is 13.3. The number of esters is 1. The molecule has 8 nitrogen and oxygen atoms in total. The smallest absolute Gasteiger partial charge is 0.338 e. The third-order valence-corrected chi connectivity index (χ3v) is 6.58. The van der Waals surface area contributed by atoms with Gasteiger partial charge in [0.1, 0.15) is 5.75 Å². The Kier molecular flexibility index (Phi) is 8.45. The van der Waals surface area contributed by atoms with Crippen LogP contribution in [0.5, 0.6) is 5.75 Å². The number of rotatable bonds is 7. The number of carbonyl (C=O) groups excluding carboxylic acids is 3. The van der Waals surface area contributed by atoms with E-state index in [4.69, 9.17) is 9.47 Å². The Morgan fingerprint density at radius 1 is 0.919 bits per heavy atom. The van der Waals surface area contributed by atoms with Crippen molar-refractivity contribution in [1.82, 2.24) is 4.90 Å². The Bertz CT molecular complexity index is 1290. The van der Waals surface area contributed by atoms with E-state index >= 15 is 0 Å². The number of piperazine rings is 1. The highest BCUT2D eigenvalue weighted by molar-refractivity contribution is 9.10. The van der Waals surface area contributed by atoms with E-state index in [0.29, 0.717) is 54.3 Å². The molecule has 0 radical (unpaired) electrons. The molecule has 1 saturated heterocycles. The Hall–Kier alpha value is -3.85. The molecule has 4 rings (SSSR count). The molecule has 0 saturated carbocycles. The van der Waals surface area contributed by atoms with Crippen molar-refractivity contribution in [3.05, 3.63) is 87.9 Å².